The van der Waals surface area contributed by atoms with Crippen LogP contribution in [0.25, 0.3) is 0 Å². The Kier molecular flexibility index (Phi) is 5.63. The SMILES string of the molecule is C/C=C(/[Si](C(C)C)(C(C)C)C(C)C)S(=O)(=O)O. The van der Waals surface area contributed by atoms with Crippen LogP contribution < -0.4 is 0 Å². The van der Waals surface area contributed by atoms with Crippen LogP contribution >= 0.6 is 0 Å². The highest BCUT2D eigenvalue weighted by atomic mass is 32.2. The van der Waals surface area contributed by atoms with Crippen LogP contribution in [0.3, 0.4) is 0 Å². The molecule has 0 aliphatic heterocycles. The topological polar surface area (TPSA) is 54.4 Å². The van der Waals surface area contributed by atoms with E-state index in [0.29, 0.717) is 4.53 Å². The summed E-state index contributed by atoms with van der Waals surface area (Å²) < 4.78 is 33.1. The molecule has 0 aromatic rings. The third-order valence-corrected chi connectivity index (χ3v) is 13.3. The number of hydrogen-bond acceptors (Lipinski definition) is 2. The van der Waals surface area contributed by atoms with E-state index in [1.165, 1.54) is 0 Å². The standard InChI is InChI=1S/C12H26O3SSi/c1-8-12(16(13,14)15)17(9(2)3,10(4)5)11(6)7/h8-11H,1-7H3,(H,13,14,15)/b12-8+. The van der Waals surface area contributed by atoms with Crippen LogP contribution in [0.4, 0.5) is 0 Å². The van der Waals surface area contributed by atoms with Gasteiger partial charge >= 0.3 is 0 Å². The molecular weight excluding hydrogens is 252 g/mol. The van der Waals surface area contributed by atoms with Gasteiger partial charge in [0.2, 0.25) is 0 Å². The summed E-state index contributed by atoms with van der Waals surface area (Å²) in [7, 11) is -6.35. The van der Waals surface area contributed by atoms with Crippen molar-refractivity contribution in [2.45, 2.75) is 65.1 Å². The van der Waals surface area contributed by atoms with E-state index in [4.69, 9.17) is 0 Å². The van der Waals surface area contributed by atoms with Crippen molar-refractivity contribution in [3.05, 3.63) is 10.6 Å². The second-order valence-electron chi connectivity index (χ2n) is 5.53. The summed E-state index contributed by atoms with van der Waals surface area (Å²) in [4.78, 5) is 0. The molecule has 0 amide bonds. The van der Waals surface area contributed by atoms with Gasteiger partial charge in [0.05, 0.1) is 4.53 Å². The number of hydrogen-bond donors (Lipinski definition) is 1. The first-order valence-electron chi connectivity index (χ1n) is 6.17. The number of rotatable bonds is 5. The van der Waals surface area contributed by atoms with Gasteiger partial charge < -0.3 is 0 Å². The molecule has 5 heteroatoms. The molecule has 1 N–H and O–H groups in total. The average molecular weight is 278 g/mol. The van der Waals surface area contributed by atoms with Crippen molar-refractivity contribution in [3.8, 4) is 0 Å². The molecule has 0 fully saturated rings. The normalized spacial score (nSPS) is 15.1. The van der Waals surface area contributed by atoms with Crippen LogP contribution in [0.1, 0.15) is 48.5 Å². The minimum absolute atomic E-state index is 0.274. The first-order valence-corrected chi connectivity index (χ1v) is 9.84. The maximum atomic E-state index is 11.6. The predicted octanol–water partition coefficient (Wildman–Crippen LogP) is 4.00. The second-order valence-corrected chi connectivity index (χ2v) is 13.1. The first kappa shape index (κ1) is 16.9. The molecular formula is C12H26O3SSi. The Morgan fingerprint density at radius 3 is 1.35 bits per heavy atom. The van der Waals surface area contributed by atoms with Crippen molar-refractivity contribution < 1.29 is 13.0 Å². The minimum atomic E-state index is -4.08. The van der Waals surface area contributed by atoms with Crippen molar-refractivity contribution >= 4 is 18.2 Å². The zero-order valence-corrected chi connectivity index (χ0v) is 13.8. The van der Waals surface area contributed by atoms with E-state index in [-0.39, 0.29) is 16.6 Å². The maximum absolute atomic E-state index is 11.6. The van der Waals surface area contributed by atoms with Gasteiger partial charge in [-0.15, -0.1) is 0 Å². The lowest BCUT2D eigenvalue weighted by Gasteiger charge is -2.43. The van der Waals surface area contributed by atoms with Crippen LogP contribution in [0.15, 0.2) is 10.6 Å². The van der Waals surface area contributed by atoms with Crippen molar-refractivity contribution in [1.82, 2.24) is 0 Å². The molecule has 0 saturated carbocycles. The molecule has 0 radical (unpaired) electrons. The fourth-order valence-corrected chi connectivity index (χ4v) is 13.9. The van der Waals surface area contributed by atoms with Crippen LogP contribution in [-0.2, 0) is 10.1 Å². The Balaban J connectivity index is 6.13. The molecule has 0 aromatic carbocycles. The Morgan fingerprint density at radius 1 is 1.00 bits per heavy atom. The summed E-state index contributed by atoms with van der Waals surface area (Å²) in [5.74, 6) is 0. The third kappa shape index (κ3) is 3.00. The highest BCUT2D eigenvalue weighted by molar-refractivity contribution is 7.92. The molecule has 0 atom stereocenters. The van der Waals surface area contributed by atoms with Crippen LogP contribution in [0, 0.1) is 0 Å². The zero-order chi connectivity index (χ0) is 14.0. The Morgan fingerprint density at radius 2 is 1.29 bits per heavy atom. The lowest BCUT2D eigenvalue weighted by Crippen LogP contribution is -2.49. The highest BCUT2D eigenvalue weighted by Crippen LogP contribution is 2.47. The van der Waals surface area contributed by atoms with Crippen molar-refractivity contribution in [2.75, 3.05) is 0 Å². The van der Waals surface area contributed by atoms with Crippen LogP contribution in [0.5, 0.6) is 0 Å². The fraction of sp³-hybridized carbons (Fsp3) is 0.833. The van der Waals surface area contributed by atoms with Crippen LogP contribution in [-0.4, -0.2) is 21.0 Å². The quantitative estimate of drug-likeness (QED) is 0.611. The monoisotopic (exact) mass is 278 g/mol. The average Bonchev–Trinajstić information content (AvgIpc) is 2.09. The Hall–Kier alpha value is -0.133. The van der Waals surface area contributed by atoms with E-state index in [2.05, 4.69) is 41.5 Å². The molecule has 0 aromatic heterocycles. The van der Waals surface area contributed by atoms with E-state index >= 15 is 0 Å². The lowest BCUT2D eigenvalue weighted by atomic mass is 10.5. The molecule has 0 bridgehead atoms. The van der Waals surface area contributed by atoms with Gasteiger partial charge in [-0.05, 0) is 23.5 Å². The Bertz CT molecular complexity index is 359. The smallest absolute Gasteiger partial charge is 0.282 e. The van der Waals surface area contributed by atoms with Gasteiger partial charge in [-0.3, -0.25) is 4.55 Å². The maximum Gasteiger partial charge on any atom is 0.286 e. The molecule has 0 unspecified atom stereocenters. The van der Waals surface area contributed by atoms with Gasteiger partial charge in [0.1, 0.15) is 8.07 Å². The van der Waals surface area contributed by atoms with E-state index in [9.17, 15) is 13.0 Å². The van der Waals surface area contributed by atoms with Crippen molar-refractivity contribution in [1.29, 1.82) is 0 Å². The van der Waals surface area contributed by atoms with E-state index in [1.807, 2.05) is 0 Å². The lowest BCUT2D eigenvalue weighted by molar-refractivity contribution is 0.492. The fourth-order valence-electron chi connectivity index (χ4n) is 3.48. The van der Waals surface area contributed by atoms with E-state index in [0.717, 1.165) is 0 Å². The van der Waals surface area contributed by atoms with Crippen molar-refractivity contribution in [3.63, 3.8) is 0 Å². The zero-order valence-electron chi connectivity index (χ0n) is 12.0. The Labute approximate surface area is 107 Å². The summed E-state index contributed by atoms with van der Waals surface area (Å²) in [6, 6.07) is 0. The molecule has 0 aliphatic rings. The van der Waals surface area contributed by atoms with E-state index in [1.54, 1.807) is 13.0 Å². The first-order chi connectivity index (χ1) is 7.52. The third-order valence-electron chi connectivity index (χ3n) is 3.83. The predicted molar refractivity (Wildman–Crippen MR) is 76.4 cm³/mol. The van der Waals surface area contributed by atoms with Crippen LogP contribution in [0.2, 0.25) is 16.6 Å². The summed E-state index contributed by atoms with van der Waals surface area (Å²) in [5, 5.41) is 0. The van der Waals surface area contributed by atoms with Gasteiger partial charge in [0.25, 0.3) is 10.1 Å². The summed E-state index contributed by atoms with van der Waals surface area (Å²) >= 11 is 0. The molecule has 0 heterocycles. The minimum Gasteiger partial charge on any atom is -0.282 e. The number of allylic oxidation sites excluding steroid dienone is 1. The molecule has 3 nitrogen and oxygen atoms in total. The van der Waals surface area contributed by atoms with Gasteiger partial charge in [-0.1, -0.05) is 47.6 Å². The molecule has 0 spiro atoms. The van der Waals surface area contributed by atoms with Crippen molar-refractivity contribution in [2.24, 2.45) is 0 Å². The van der Waals surface area contributed by atoms with Gasteiger partial charge in [-0.25, -0.2) is 0 Å². The molecule has 102 valence electrons. The second kappa shape index (κ2) is 5.67. The summed E-state index contributed by atoms with van der Waals surface area (Å²) in [5.41, 5.74) is 0.821. The summed E-state index contributed by atoms with van der Waals surface area (Å²) in [6.07, 6.45) is 1.60. The van der Waals surface area contributed by atoms with Gasteiger partial charge in [-0.2, -0.15) is 8.42 Å². The van der Waals surface area contributed by atoms with E-state index < -0.39 is 18.2 Å². The van der Waals surface area contributed by atoms with Gasteiger partial charge in [0, 0.05) is 0 Å². The van der Waals surface area contributed by atoms with Gasteiger partial charge in [0.15, 0.2) is 0 Å². The largest absolute Gasteiger partial charge is 0.286 e. The molecule has 17 heavy (non-hydrogen) atoms. The summed E-state index contributed by atoms with van der Waals surface area (Å²) in [6.45, 7) is 14.1. The highest BCUT2D eigenvalue weighted by Gasteiger charge is 2.49. The molecule has 0 rings (SSSR count). The molecule has 0 aliphatic carbocycles. The molecule has 0 saturated heterocycles.